The van der Waals surface area contributed by atoms with Crippen LogP contribution in [0.15, 0.2) is 29.6 Å². The summed E-state index contributed by atoms with van der Waals surface area (Å²) in [4.78, 5) is 19.5. The summed E-state index contributed by atoms with van der Waals surface area (Å²) in [7, 11) is 0. The molecule has 2 unspecified atom stereocenters. The third kappa shape index (κ3) is 5.28. The van der Waals surface area contributed by atoms with Crippen molar-refractivity contribution in [2.75, 3.05) is 36.5 Å². The predicted octanol–water partition coefficient (Wildman–Crippen LogP) is 4.74. The number of thiazole rings is 1. The maximum atomic E-state index is 12.4. The van der Waals surface area contributed by atoms with Gasteiger partial charge < -0.3 is 20.3 Å². The summed E-state index contributed by atoms with van der Waals surface area (Å²) in [5.74, 6) is 0.538. The maximum absolute atomic E-state index is 12.4. The second-order valence-corrected chi connectivity index (χ2v) is 8.85. The first-order chi connectivity index (χ1) is 14.2. The molecule has 1 saturated heterocycles. The van der Waals surface area contributed by atoms with E-state index >= 15 is 0 Å². The molecule has 2 atom stereocenters. The van der Waals surface area contributed by atoms with Gasteiger partial charge in [-0.05, 0) is 30.9 Å². The number of aromatic nitrogens is 1. The van der Waals surface area contributed by atoms with Crippen molar-refractivity contribution in [1.29, 1.82) is 0 Å². The van der Waals surface area contributed by atoms with Crippen molar-refractivity contribution in [2.24, 2.45) is 5.92 Å². The fraction of sp³-hybridized carbons (Fsp3) is 0.545. The van der Waals surface area contributed by atoms with E-state index in [0.29, 0.717) is 5.92 Å². The monoisotopic (exact) mass is 414 g/mol. The molecule has 2 amide bonds. The number of carbonyl (C=O) groups is 1. The van der Waals surface area contributed by atoms with E-state index in [1.807, 2.05) is 24.3 Å². The zero-order valence-electron chi connectivity index (χ0n) is 17.0. The Hall–Kier alpha value is -2.12. The van der Waals surface area contributed by atoms with Crippen LogP contribution in [0.4, 0.5) is 15.6 Å². The maximum Gasteiger partial charge on any atom is 0.319 e. The zero-order chi connectivity index (χ0) is 20.1. The topological polar surface area (TPSA) is 66.5 Å². The smallest absolute Gasteiger partial charge is 0.319 e. The summed E-state index contributed by atoms with van der Waals surface area (Å²) in [6.07, 6.45) is 6.01. The molecule has 1 saturated carbocycles. The molecule has 0 spiro atoms. The summed E-state index contributed by atoms with van der Waals surface area (Å²) < 4.78 is 5.41. The minimum absolute atomic E-state index is 0.111. The van der Waals surface area contributed by atoms with Crippen LogP contribution in [0.5, 0.6) is 0 Å². The van der Waals surface area contributed by atoms with Gasteiger partial charge in [-0.1, -0.05) is 38.3 Å². The van der Waals surface area contributed by atoms with E-state index < -0.39 is 0 Å². The minimum Gasteiger partial charge on any atom is -0.378 e. The van der Waals surface area contributed by atoms with Crippen LogP contribution >= 0.6 is 11.3 Å². The van der Waals surface area contributed by atoms with E-state index in [1.54, 1.807) is 11.3 Å². The average molecular weight is 415 g/mol. The normalized spacial score (nSPS) is 22.7. The van der Waals surface area contributed by atoms with E-state index in [0.717, 1.165) is 54.8 Å². The van der Waals surface area contributed by atoms with Gasteiger partial charge in [0.1, 0.15) is 0 Å². The van der Waals surface area contributed by atoms with Crippen molar-refractivity contribution in [3.05, 3.63) is 29.6 Å². The molecule has 7 heteroatoms. The number of nitrogens with one attached hydrogen (secondary N) is 2. The van der Waals surface area contributed by atoms with Gasteiger partial charge in [-0.15, -0.1) is 11.3 Å². The average Bonchev–Trinajstić information content (AvgIpc) is 3.15. The second kappa shape index (κ2) is 9.59. The zero-order valence-corrected chi connectivity index (χ0v) is 17.8. The molecular formula is C22H30N4O2S. The van der Waals surface area contributed by atoms with E-state index in [-0.39, 0.29) is 12.1 Å². The molecule has 1 aliphatic carbocycles. The molecule has 6 nitrogen and oxygen atoms in total. The van der Waals surface area contributed by atoms with Gasteiger partial charge in [0.15, 0.2) is 5.13 Å². The lowest BCUT2D eigenvalue weighted by Gasteiger charge is -2.26. The number of anilines is 2. The molecule has 2 N–H and O–H groups in total. The summed E-state index contributed by atoms with van der Waals surface area (Å²) >= 11 is 1.67. The van der Waals surface area contributed by atoms with Gasteiger partial charge >= 0.3 is 6.03 Å². The van der Waals surface area contributed by atoms with Crippen molar-refractivity contribution < 1.29 is 9.53 Å². The number of hydrogen-bond acceptors (Lipinski definition) is 5. The number of rotatable bonds is 4. The first-order valence-corrected chi connectivity index (χ1v) is 11.5. The Balaban J connectivity index is 1.34. The molecule has 4 rings (SSSR count). The number of morpholine rings is 1. The summed E-state index contributed by atoms with van der Waals surface area (Å²) in [5, 5.41) is 9.28. The third-order valence-electron chi connectivity index (χ3n) is 5.89. The number of ether oxygens (including phenoxy) is 1. The van der Waals surface area contributed by atoms with Crippen molar-refractivity contribution in [2.45, 2.75) is 45.1 Å². The highest BCUT2D eigenvalue weighted by atomic mass is 32.1. The highest BCUT2D eigenvalue weighted by Crippen LogP contribution is 2.29. The molecular weight excluding hydrogens is 384 g/mol. The lowest BCUT2D eigenvalue weighted by molar-refractivity contribution is 0.122. The molecule has 1 aliphatic heterocycles. The Bertz CT molecular complexity index is 801. The van der Waals surface area contributed by atoms with Gasteiger partial charge in [-0.25, -0.2) is 9.78 Å². The van der Waals surface area contributed by atoms with Gasteiger partial charge in [-0.2, -0.15) is 0 Å². The molecule has 1 aromatic carbocycles. The Morgan fingerprint density at radius 2 is 1.90 bits per heavy atom. The second-order valence-electron chi connectivity index (χ2n) is 8.01. The Labute approximate surface area is 176 Å². The predicted molar refractivity (Wildman–Crippen MR) is 119 cm³/mol. The van der Waals surface area contributed by atoms with Gasteiger partial charge in [0.2, 0.25) is 0 Å². The van der Waals surface area contributed by atoms with Crippen molar-refractivity contribution in [3.63, 3.8) is 0 Å². The Morgan fingerprint density at radius 3 is 2.69 bits per heavy atom. The molecule has 156 valence electrons. The van der Waals surface area contributed by atoms with Gasteiger partial charge in [0, 0.05) is 35.8 Å². The minimum atomic E-state index is -0.111. The number of nitrogens with zero attached hydrogens (tertiary/aromatic N) is 2. The van der Waals surface area contributed by atoms with Crippen LogP contribution in [0.1, 0.15) is 39.0 Å². The molecule has 2 aromatic rings. The third-order valence-corrected chi connectivity index (χ3v) is 6.79. The molecule has 2 heterocycles. The SMILES string of the molecule is CC1CCCCCC1NC(=O)Nc1ccc(-c2csc(N3CCOCC3)n2)cc1. The number of benzene rings is 1. The Morgan fingerprint density at radius 1 is 1.14 bits per heavy atom. The highest BCUT2D eigenvalue weighted by molar-refractivity contribution is 7.14. The van der Waals surface area contributed by atoms with Crippen molar-refractivity contribution >= 4 is 28.2 Å². The van der Waals surface area contributed by atoms with Gasteiger partial charge in [0.25, 0.3) is 0 Å². The van der Waals surface area contributed by atoms with E-state index in [9.17, 15) is 4.79 Å². The van der Waals surface area contributed by atoms with Crippen LogP contribution in [0.2, 0.25) is 0 Å². The summed E-state index contributed by atoms with van der Waals surface area (Å²) in [6, 6.07) is 8.08. The molecule has 0 radical (unpaired) electrons. The first-order valence-electron chi connectivity index (χ1n) is 10.7. The van der Waals surface area contributed by atoms with Crippen LogP contribution in [0.3, 0.4) is 0 Å². The van der Waals surface area contributed by atoms with E-state index in [1.165, 1.54) is 25.7 Å². The Kier molecular flexibility index (Phi) is 6.67. The first kappa shape index (κ1) is 20.2. The van der Waals surface area contributed by atoms with Gasteiger partial charge in [-0.3, -0.25) is 0 Å². The van der Waals surface area contributed by atoms with Crippen LogP contribution in [0, 0.1) is 5.92 Å². The molecule has 29 heavy (non-hydrogen) atoms. The van der Waals surface area contributed by atoms with Crippen molar-refractivity contribution in [1.82, 2.24) is 10.3 Å². The van der Waals surface area contributed by atoms with Crippen LogP contribution in [-0.2, 0) is 4.74 Å². The standard InChI is InChI=1S/C22H30N4O2S/c1-16-5-3-2-4-6-19(16)24-21(27)23-18-9-7-17(8-10-18)20-15-29-22(25-20)26-11-13-28-14-12-26/h7-10,15-16,19H,2-6,11-14H2,1H3,(H2,23,24,27). The molecule has 0 bridgehead atoms. The van der Waals surface area contributed by atoms with Crippen LogP contribution in [-0.4, -0.2) is 43.4 Å². The largest absolute Gasteiger partial charge is 0.378 e. The number of amides is 2. The molecule has 2 fully saturated rings. The number of carbonyl (C=O) groups excluding carboxylic acids is 1. The number of urea groups is 1. The van der Waals surface area contributed by atoms with Crippen LogP contribution in [0.25, 0.3) is 11.3 Å². The van der Waals surface area contributed by atoms with Crippen LogP contribution < -0.4 is 15.5 Å². The van der Waals surface area contributed by atoms with Crippen molar-refractivity contribution in [3.8, 4) is 11.3 Å². The molecule has 1 aromatic heterocycles. The van der Waals surface area contributed by atoms with E-state index in [4.69, 9.17) is 9.72 Å². The fourth-order valence-corrected chi connectivity index (χ4v) is 4.95. The van der Waals surface area contributed by atoms with E-state index in [2.05, 4.69) is 27.8 Å². The lowest BCUT2D eigenvalue weighted by Crippen LogP contribution is -2.41. The molecule has 2 aliphatic rings. The highest BCUT2D eigenvalue weighted by Gasteiger charge is 2.21. The number of hydrogen-bond donors (Lipinski definition) is 2. The van der Waals surface area contributed by atoms with Gasteiger partial charge in [0.05, 0.1) is 18.9 Å². The quantitative estimate of drug-likeness (QED) is 0.710. The summed E-state index contributed by atoms with van der Waals surface area (Å²) in [6.45, 7) is 5.55. The fourth-order valence-electron chi connectivity index (χ4n) is 4.06. The summed E-state index contributed by atoms with van der Waals surface area (Å²) in [5.41, 5.74) is 2.83. The lowest BCUT2D eigenvalue weighted by atomic mass is 9.97.